The highest BCUT2D eigenvalue weighted by Gasteiger charge is 2.65. The molecule has 0 radical (unpaired) electrons. The molecular formula is C23H19Cl2F3N2O2S. The Kier molecular flexibility index (Phi) is 6.46. The van der Waals surface area contributed by atoms with Crippen molar-refractivity contribution in [2.45, 2.75) is 31.7 Å². The number of nitrogens with zero attached hydrogens (tertiary/aromatic N) is 1. The fraction of sp³-hybridized carbons (Fsp3) is 0.304. The van der Waals surface area contributed by atoms with Crippen LogP contribution in [0.1, 0.15) is 34.0 Å². The lowest BCUT2D eigenvalue weighted by molar-refractivity contribution is -0.261. The summed E-state index contributed by atoms with van der Waals surface area (Å²) in [6.45, 7) is 3.21. The molecule has 2 aromatic carbocycles. The summed E-state index contributed by atoms with van der Waals surface area (Å²) in [5.41, 5.74) is -1.82. The first-order chi connectivity index (χ1) is 15.6. The van der Waals surface area contributed by atoms with Gasteiger partial charge in [-0.3, -0.25) is 4.79 Å². The van der Waals surface area contributed by atoms with Crippen LogP contribution in [-0.2, 0) is 10.4 Å². The number of amides is 1. The Morgan fingerprint density at radius 3 is 2.39 bits per heavy atom. The van der Waals surface area contributed by atoms with E-state index in [0.717, 1.165) is 11.5 Å². The lowest BCUT2D eigenvalue weighted by Crippen LogP contribution is -2.44. The molecule has 0 aliphatic carbocycles. The van der Waals surface area contributed by atoms with Crippen molar-refractivity contribution in [2.24, 2.45) is 5.16 Å². The van der Waals surface area contributed by atoms with Gasteiger partial charge in [-0.1, -0.05) is 40.5 Å². The first kappa shape index (κ1) is 24.0. The molecular weight excluding hydrogens is 496 g/mol. The number of rotatable bonds is 4. The molecule has 33 heavy (non-hydrogen) atoms. The van der Waals surface area contributed by atoms with E-state index in [9.17, 15) is 18.0 Å². The molecule has 1 saturated heterocycles. The molecule has 1 amide bonds. The van der Waals surface area contributed by atoms with Gasteiger partial charge in [0.05, 0.1) is 0 Å². The maximum Gasteiger partial charge on any atom is 0.440 e. The molecule has 2 aliphatic rings. The number of halogens is 5. The molecule has 2 aliphatic heterocycles. The van der Waals surface area contributed by atoms with Crippen molar-refractivity contribution in [3.63, 3.8) is 0 Å². The second-order valence-electron chi connectivity index (χ2n) is 7.81. The third-order valence-electron chi connectivity index (χ3n) is 5.58. The number of carbonyl (C=O) groups excluding carboxylic acids is 1. The second-order valence-corrected chi connectivity index (χ2v) is 9.76. The minimum absolute atomic E-state index is 0.0244. The van der Waals surface area contributed by atoms with Gasteiger partial charge in [0.1, 0.15) is 5.71 Å². The average Bonchev–Trinajstić information content (AvgIpc) is 3.10. The van der Waals surface area contributed by atoms with Crippen LogP contribution in [0.2, 0.25) is 10.0 Å². The Morgan fingerprint density at radius 1 is 1.21 bits per heavy atom. The number of hydrogen-bond donors (Lipinski definition) is 1. The molecule has 1 fully saturated rings. The van der Waals surface area contributed by atoms with Gasteiger partial charge < -0.3 is 10.2 Å². The molecule has 1 atom stereocenters. The van der Waals surface area contributed by atoms with Gasteiger partial charge in [0.2, 0.25) is 0 Å². The van der Waals surface area contributed by atoms with E-state index >= 15 is 0 Å². The van der Waals surface area contributed by atoms with E-state index in [2.05, 4.69) is 10.5 Å². The number of oxime groups is 1. The lowest BCUT2D eigenvalue weighted by atomic mass is 9.81. The first-order valence-corrected chi connectivity index (χ1v) is 11.9. The van der Waals surface area contributed by atoms with Crippen LogP contribution < -0.4 is 5.32 Å². The average molecular weight is 515 g/mol. The summed E-state index contributed by atoms with van der Waals surface area (Å²) in [6.07, 6.45) is -3.54. The quantitative estimate of drug-likeness (QED) is 0.521. The number of hydrogen-bond acceptors (Lipinski definition) is 4. The predicted octanol–water partition coefficient (Wildman–Crippen LogP) is 6.29. The zero-order valence-corrected chi connectivity index (χ0v) is 19.9. The maximum absolute atomic E-state index is 14.5. The molecule has 2 heterocycles. The molecule has 4 rings (SSSR count). The molecule has 174 valence electrons. The van der Waals surface area contributed by atoms with Gasteiger partial charge >= 0.3 is 6.18 Å². The summed E-state index contributed by atoms with van der Waals surface area (Å²) in [6, 6.07) is 8.61. The maximum atomic E-state index is 14.5. The van der Waals surface area contributed by atoms with Gasteiger partial charge in [-0.15, -0.1) is 0 Å². The predicted molar refractivity (Wildman–Crippen MR) is 125 cm³/mol. The van der Waals surface area contributed by atoms with Crippen LogP contribution in [0.3, 0.4) is 0 Å². The smallest absolute Gasteiger partial charge is 0.369 e. The molecule has 0 saturated carbocycles. The van der Waals surface area contributed by atoms with E-state index in [1.54, 1.807) is 36.9 Å². The number of benzene rings is 2. The van der Waals surface area contributed by atoms with Gasteiger partial charge in [-0.25, -0.2) is 0 Å². The standard InChI is InChI=1S/C23H19Cl2F3N2O2S/c1-3-19-20(13-4-5-18(12(2)6-13)21(31)29-17-10-33-11-17)30-32-22(19,23(26,27)28)14-7-15(24)9-16(25)8-14/h3-9,17H,10-11H2,1-2H3,(H,29,31)/b19-3+. The summed E-state index contributed by atoms with van der Waals surface area (Å²) in [5, 5.41) is 6.88. The van der Waals surface area contributed by atoms with Crippen LogP contribution in [0.15, 0.2) is 53.2 Å². The molecule has 4 nitrogen and oxygen atoms in total. The van der Waals surface area contributed by atoms with Crippen LogP contribution in [-0.4, -0.2) is 35.3 Å². The monoisotopic (exact) mass is 514 g/mol. The second kappa shape index (κ2) is 8.89. The number of aryl methyl sites for hydroxylation is 1. The van der Waals surface area contributed by atoms with Crippen LogP contribution in [0.5, 0.6) is 0 Å². The number of allylic oxidation sites excluding steroid dienone is 1. The molecule has 0 spiro atoms. The van der Waals surface area contributed by atoms with E-state index in [1.165, 1.54) is 31.2 Å². The first-order valence-electron chi connectivity index (χ1n) is 10.0. The van der Waals surface area contributed by atoms with Crippen molar-refractivity contribution in [1.29, 1.82) is 0 Å². The van der Waals surface area contributed by atoms with Gasteiger partial charge in [0.25, 0.3) is 11.5 Å². The van der Waals surface area contributed by atoms with E-state index in [-0.39, 0.29) is 38.8 Å². The molecule has 2 aromatic rings. The van der Waals surface area contributed by atoms with Crippen LogP contribution >= 0.6 is 35.0 Å². The lowest BCUT2D eigenvalue weighted by Gasteiger charge is -2.31. The van der Waals surface area contributed by atoms with Gasteiger partial charge in [0.15, 0.2) is 0 Å². The van der Waals surface area contributed by atoms with E-state index < -0.39 is 11.8 Å². The number of alkyl halides is 3. The van der Waals surface area contributed by atoms with Crippen molar-refractivity contribution < 1.29 is 22.8 Å². The highest BCUT2D eigenvalue weighted by atomic mass is 35.5. The van der Waals surface area contributed by atoms with Crippen molar-refractivity contribution in [2.75, 3.05) is 11.5 Å². The van der Waals surface area contributed by atoms with E-state index in [0.29, 0.717) is 16.7 Å². The zero-order chi connectivity index (χ0) is 24.0. The van der Waals surface area contributed by atoms with Crippen molar-refractivity contribution in [1.82, 2.24) is 5.32 Å². The minimum atomic E-state index is -4.86. The van der Waals surface area contributed by atoms with Crippen molar-refractivity contribution in [3.05, 3.63) is 80.3 Å². The molecule has 0 aromatic heterocycles. The Balaban J connectivity index is 1.72. The van der Waals surface area contributed by atoms with Crippen molar-refractivity contribution >= 4 is 46.6 Å². The fourth-order valence-electron chi connectivity index (χ4n) is 3.91. The molecule has 1 unspecified atom stereocenters. The highest BCUT2D eigenvalue weighted by molar-refractivity contribution is 8.00. The Bertz CT molecular complexity index is 1160. The van der Waals surface area contributed by atoms with Gasteiger partial charge in [-0.2, -0.15) is 24.9 Å². The van der Waals surface area contributed by atoms with Gasteiger partial charge in [-0.05, 0) is 49.7 Å². The number of nitrogens with one attached hydrogen (secondary N) is 1. The van der Waals surface area contributed by atoms with Crippen LogP contribution in [0, 0.1) is 6.92 Å². The topological polar surface area (TPSA) is 50.7 Å². The summed E-state index contributed by atoms with van der Waals surface area (Å²) in [4.78, 5) is 17.7. The highest BCUT2D eigenvalue weighted by Crippen LogP contribution is 2.52. The third kappa shape index (κ3) is 4.24. The van der Waals surface area contributed by atoms with E-state index in [1.807, 2.05) is 0 Å². The normalized spacial score (nSPS) is 22.0. The Hall–Kier alpha value is -2.16. The third-order valence-corrected chi connectivity index (χ3v) is 7.30. The summed E-state index contributed by atoms with van der Waals surface area (Å²) >= 11 is 13.8. The number of thioether (sulfide) groups is 1. The molecule has 0 bridgehead atoms. The van der Waals surface area contributed by atoms with Crippen LogP contribution in [0.25, 0.3) is 0 Å². The number of carbonyl (C=O) groups is 1. The zero-order valence-electron chi connectivity index (χ0n) is 17.6. The fourth-order valence-corrected chi connectivity index (χ4v) is 5.07. The summed E-state index contributed by atoms with van der Waals surface area (Å²) in [7, 11) is 0. The van der Waals surface area contributed by atoms with Crippen molar-refractivity contribution in [3.8, 4) is 0 Å². The summed E-state index contributed by atoms with van der Waals surface area (Å²) in [5.74, 6) is 1.53. The Labute approximate surface area is 203 Å². The molecule has 1 N–H and O–H groups in total. The minimum Gasteiger partial charge on any atom is -0.369 e. The SMILES string of the molecule is C/C=C1\C(c2ccc(C(=O)NC3CSC3)c(C)c2)=NOC1(c1cc(Cl)cc(Cl)c1)C(F)(F)F. The molecule has 10 heteroatoms. The largest absolute Gasteiger partial charge is 0.440 e. The van der Waals surface area contributed by atoms with Crippen LogP contribution in [0.4, 0.5) is 13.2 Å². The van der Waals surface area contributed by atoms with Gasteiger partial charge in [0, 0.05) is 49.9 Å². The van der Waals surface area contributed by atoms with E-state index in [4.69, 9.17) is 28.0 Å². The summed E-state index contributed by atoms with van der Waals surface area (Å²) < 4.78 is 43.6. The Morgan fingerprint density at radius 2 is 1.88 bits per heavy atom.